The zero-order valence-electron chi connectivity index (χ0n) is 11.6. The van der Waals surface area contributed by atoms with Crippen molar-refractivity contribution in [3.63, 3.8) is 0 Å². The summed E-state index contributed by atoms with van der Waals surface area (Å²) < 4.78 is 0. The van der Waals surface area contributed by atoms with Crippen LogP contribution in [0.15, 0.2) is 18.3 Å². The Morgan fingerprint density at radius 2 is 2.00 bits per heavy atom. The first kappa shape index (κ1) is 12.1. The van der Waals surface area contributed by atoms with Gasteiger partial charge < -0.3 is 4.90 Å². The molecule has 2 aromatic rings. The van der Waals surface area contributed by atoms with Crippen molar-refractivity contribution in [3.05, 3.63) is 35.2 Å². The quantitative estimate of drug-likeness (QED) is 0.825. The summed E-state index contributed by atoms with van der Waals surface area (Å²) in [7, 11) is 4.07. The molecule has 0 radical (unpaired) electrons. The fourth-order valence-corrected chi connectivity index (χ4v) is 2.56. The van der Waals surface area contributed by atoms with Crippen LogP contribution in [0.1, 0.15) is 23.2 Å². The Kier molecular flexibility index (Phi) is 2.93. The van der Waals surface area contributed by atoms with Gasteiger partial charge >= 0.3 is 0 Å². The smallest absolute Gasteiger partial charge is 0.180 e. The Morgan fingerprint density at radius 1 is 1.16 bits per heavy atom. The van der Waals surface area contributed by atoms with E-state index >= 15 is 0 Å². The molecular weight excluding hydrogens is 236 g/mol. The Labute approximate surface area is 113 Å². The number of hydrogen-bond acceptors (Lipinski definition) is 4. The standard InChI is InChI=1S/C15H18N4/c1-10-7-8-16-13(9-10)14-17-12-6-4-5-11(12)15(18-14)19(2)3/h7-9H,4-6H2,1-3H3. The molecule has 0 amide bonds. The fourth-order valence-electron chi connectivity index (χ4n) is 2.56. The number of pyridine rings is 1. The van der Waals surface area contributed by atoms with Crippen molar-refractivity contribution in [2.24, 2.45) is 0 Å². The van der Waals surface area contributed by atoms with Crippen LogP contribution >= 0.6 is 0 Å². The van der Waals surface area contributed by atoms with Gasteiger partial charge in [0.2, 0.25) is 0 Å². The molecular formula is C15H18N4. The van der Waals surface area contributed by atoms with Crippen molar-refractivity contribution in [2.75, 3.05) is 19.0 Å². The van der Waals surface area contributed by atoms with E-state index in [1.54, 1.807) is 0 Å². The minimum atomic E-state index is 0.744. The molecule has 0 atom stereocenters. The van der Waals surface area contributed by atoms with Gasteiger partial charge in [0.1, 0.15) is 11.5 Å². The number of anilines is 1. The molecule has 1 aliphatic carbocycles. The van der Waals surface area contributed by atoms with Crippen molar-refractivity contribution >= 4 is 5.82 Å². The fraction of sp³-hybridized carbons (Fsp3) is 0.400. The molecule has 0 saturated carbocycles. The van der Waals surface area contributed by atoms with Crippen LogP contribution in [-0.4, -0.2) is 29.0 Å². The van der Waals surface area contributed by atoms with E-state index in [0.29, 0.717) is 0 Å². The van der Waals surface area contributed by atoms with Gasteiger partial charge in [-0.1, -0.05) is 0 Å². The van der Waals surface area contributed by atoms with E-state index in [2.05, 4.69) is 16.8 Å². The maximum atomic E-state index is 4.71. The van der Waals surface area contributed by atoms with Crippen LogP contribution in [0.3, 0.4) is 0 Å². The average molecular weight is 254 g/mol. The molecule has 2 heterocycles. The summed E-state index contributed by atoms with van der Waals surface area (Å²) >= 11 is 0. The van der Waals surface area contributed by atoms with Crippen LogP contribution in [-0.2, 0) is 12.8 Å². The number of hydrogen-bond donors (Lipinski definition) is 0. The summed E-state index contributed by atoms with van der Waals surface area (Å²) in [6, 6.07) is 4.03. The van der Waals surface area contributed by atoms with E-state index in [1.807, 2.05) is 32.4 Å². The topological polar surface area (TPSA) is 41.9 Å². The summed E-state index contributed by atoms with van der Waals surface area (Å²) in [6.45, 7) is 2.06. The highest BCUT2D eigenvalue weighted by Gasteiger charge is 2.21. The molecule has 4 nitrogen and oxygen atoms in total. The number of aromatic nitrogens is 3. The second kappa shape index (κ2) is 4.61. The highest BCUT2D eigenvalue weighted by atomic mass is 15.2. The van der Waals surface area contributed by atoms with Gasteiger partial charge in [-0.2, -0.15) is 0 Å². The van der Waals surface area contributed by atoms with Gasteiger partial charge in [0.15, 0.2) is 5.82 Å². The molecule has 0 saturated heterocycles. The first-order chi connectivity index (χ1) is 9.15. The summed E-state index contributed by atoms with van der Waals surface area (Å²) in [6.07, 6.45) is 5.13. The highest BCUT2D eigenvalue weighted by Crippen LogP contribution is 2.29. The SMILES string of the molecule is Cc1ccnc(-c2nc3c(c(N(C)C)n2)CCC3)c1. The Balaban J connectivity index is 2.15. The maximum Gasteiger partial charge on any atom is 0.180 e. The lowest BCUT2D eigenvalue weighted by Gasteiger charge is -2.16. The molecule has 19 heavy (non-hydrogen) atoms. The van der Waals surface area contributed by atoms with Crippen molar-refractivity contribution < 1.29 is 0 Å². The van der Waals surface area contributed by atoms with Crippen molar-refractivity contribution in [2.45, 2.75) is 26.2 Å². The predicted octanol–water partition coefficient (Wildman–Crippen LogP) is 2.40. The van der Waals surface area contributed by atoms with Crippen LogP contribution in [0.4, 0.5) is 5.82 Å². The average Bonchev–Trinajstić information content (AvgIpc) is 2.85. The highest BCUT2D eigenvalue weighted by molar-refractivity contribution is 5.58. The molecule has 4 heteroatoms. The van der Waals surface area contributed by atoms with Gasteiger partial charge in [0.05, 0.1) is 0 Å². The number of aryl methyl sites for hydroxylation is 2. The molecule has 0 aromatic carbocycles. The Bertz CT molecular complexity index is 620. The molecule has 0 spiro atoms. The van der Waals surface area contributed by atoms with Gasteiger partial charge in [0.25, 0.3) is 0 Å². The Morgan fingerprint density at radius 3 is 2.74 bits per heavy atom. The number of nitrogens with zero attached hydrogens (tertiary/aromatic N) is 4. The van der Waals surface area contributed by atoms with Crippen LogP contribution in [0.5, 0.6) is 0 Å². The maximum absolute atomic E-state index is 4.71. The molecule has 3 rings (SSSR count). The van der Waals surface area contributed by atoms with Gasteiger partial charge in [-0.25, -0.2) is 9.97 Å². The summed E-state index contributed by atoms with van der Waals surface area (Å²) in [5, 5.41) is 0. The Hall–Kier alpha value is -1.97. The molecule has 0 fully saturated rings. The van der Waals surface area contributed by atoms with E-state index in [0.717, 1.165) is 30.2 Å². The zero-order chi connectivity index (χ0) is 13.4. The van der Waals surface area contributed by atoms with Gasteiger partial charge in [-0.3, -0.25) is 4.98 Å². The molecule has 98 valence electrons. The van der Waals surface area contributed by atoms with Gasteiger partial charge in [-0.05, 0) is 43.9 Å². The van der Waals surface area contributed by atoms with Crippen LogP contribution in [0, 0.1) is 6.92 Å². The molecule has 2 aromatic heterocycles. The minimum absolute atomic E-state index is 0.744. The van der Waals surface area contributed by atoms with Crippen molar-refractivity contribution in [1.29, 1.82) is 0 Å². The first-order valence-corrected chi connectivity index (χ1v) is 6.65. The van der Waals surface area contributed by atoms with E-state index in [1.165, 1.54) is 23.2 Å². The third-order valence-electron chi connectivity index (χ3n) is 3.48. The largest absolute Gasteiger partial charge is 0.362 e. The lowest BCUT2D eigenvalue weighted by molar-refractivity contribution is 0.898. The van der Waals surface area contributed by atoms with Crippen LogP contribution < -0.4 is 4.90 Å². The van der Waals surface area contributed by atoms with E-state index in [-0.39, 0.29) is 0 Å². The van der Waals surface area contributed by atoms with Crippen LogP contribution in [0.25, 0.3) is 11.5 Å². The monoisotopic (exact) mass is 254 g/mol. The summed E-state index contributed by atoms with van der Waals surface area (Å²) in [4.78, 5) is 15.9. The first-order valence-electron chi connectivity index (χ1n) is 6.65. The number of rotatable bonds is 2. The second-order valence-electron chi connectivity index (χ2n) is 5.26. The van der Waals surface area contributed by atoms with E-state index in [4.69, 9.17) is 9.97 Å². The zero-order valence-corrected chi connectivity index (χ0v) is 11.6. The summed E-state index contributed by atoms with van der Waals surface area (Å²) in [5.41, 5.74) is 4.54. The molecule has 0 aliphatic heterocycles. The van der Waals surface area contributed by atoms with Gasteiger partial charge in [-0.15, -0.1) is 0 Å². The number of fused-ring (bicyclic) bond motifs is 1. The molecule has 0 bridgehead atoms. The lowest BCUT2D eigenvalue weighted by Crippen LogP contribution is -2.15. The predicted molar refractivity (Wildman–Crippen MR) is 76.4 cm³/mol. The minimum Gasteiger partial charge on any atom is -0.362 e. The van der Waals surface area contributed by atoms with E-state index < -0.39 is 0 Å². The molecule has 1 aliphatic rings. The molecule has 0 N–H and O–H groups in total. The van der Waals surface area contributed by atoms with Gasteiger partial charge in [0, 0.05) is 31.5 Å². The third-order valence-corrected chi connectivity index (χ3v) is 3.48. The van der Waals surface area contributed by atoms with Crippen molar-refractivity contribution in [1.82, 2.24) is 15.0 Å². The summed E-state index contributed by atoms with van der Waals surface area (Å²) in [5.74, 6) is 1.79. The van der Waals surface area contributed by atoms with E-state index in [9.17, 15) is 0 Å². The van der Waals surface area contributed by atoms with Crippen molar-refractivity contribution in [3.8, 4) is 11.5 Å². The molecule has 0 unspecified atom stereocenters. The third kappa shape index (κ3) is 2.18. The van der Waals surface area contributed by atoms with Crippen LogP contribution in [0.2, 0.25) is 0 Å². The normalized spacial score (nSPS) is 13.4. The lowest BCUT2D eigenvalue weighted by atomic mass is 10.2. The second-order valence-corrected chi connectivity index (χ2v) is 5.26.